The topological polar surface area (TPSA) is 71.2 Å². The summed E-state index contributed by atoms with van der Waals surface area (Å²) < 4.78 is 0. The van der Waals surface area contributed by atoms with Crippen molar-refractivity contribution < 1.29 is 4.79 Å². The van der Waals surface area contributed by atoms with Crippen LogP contribution in [0.4, 0.5) is 5.13 Å². The fraction of sp³-hybridized carbons (Fsp3) is 0.484. The largest absolute Gasteiger partial charge is 0.375 e. The van der Waals surface area contributed by atoms with E-state index in [1.165, 1.54) is 61.3 Å². The van der Waals surface area contributed by atoms with Gasteiger partial charge in [-0.05, 0) is 100 Å². The Morgan fingerprint density at radius 2 is 1.73 bits per heavy atom. The fourth-order valence-corrected chi connectivity index (χ4v) is 7.06. The van der Waals surface area contributed by atoms with Crippen LogP contribution < -0.4 is 11.1 Å². The van der Waals surface area contributed by atoms with Gasteiger partial charge in [-0.15, -0.1) is 11.3 Å². The van der Waals surface area contributed by atoms with Crippen LogP contribution in [0.25, 0.3) is 11.1 Å². The summed E-state index contributed by atoms with van der Waals surface area (Å²) in [7, 11) is 0. The number of aryl methyl sites for hydroxylation is 1. The van der Waals surface area contributed by atoms with Crippen molar-refractivity contribution >= 4 is 22.4 Å². The molecule has 0 saturated heterocycles. The molecule has 1 fully saturated rings. The van der Waals surface area contributed by atoms with E-state index < -0.39 is 0 Å². The van der Waals surface area contributed by atoms with Crippen LogP contribution in [-0.2, 0) is 12.8 Å². The standard InChI is InChI=1S/C31H40N4OS/c1-2-19-35(27-16-17-28-29(21-27)37-31(32)34-28)20-18-22-8-14-26(15-9-22)33-30(36)25-12-10-24(11-13-25)23-6-4-3-5-7-23/h3-7,10-13,22,26-27H,2,8-9,14-21H2,1H3,(H2,32,34)(H,33,36). The molecule has 5 rings (SSSR count). The number of benzene rings is 2. The monoisotopic (exact) mass is 516 g/mol. The highest BCUT2D eigenvalue weighted by Crippen LogP contribution is 2.32. The minimum atomic E-state index is 0.0533. The molecule has 1 saturated carbocycles. The van der Waals surface area contributed by atoms with E-state index >= 15 is 0 Å². The maximum absolute atomic E-state index is 12.9. The van der Waals surface area contributed by atoms with Crippen LogP contribution in [0.15, 0.2) is 54.6 Å². The normalized spacial score (nSPS) is 21.5. The molecule has 1 heterocycles. The lowest BCUT2D eigenvalue weighted by atomic mass is 9.83. The lowest BCUT2D eigenvalue weighted by molar-refractivity contribution is 0.0918. The van der Waals surface area contributed by atoms with Gasteiger partial charge in [0.05, 0.1) is 5.69 Å². The molecular weight excluding hydrogens is 476 g/mol. The van der Waals surface area contributed by atoms with Gasteiger partial charge in [0.25, 0.3) is 5.91 Å². The molecule has 1 unspecified atom stereocenters. The van der Waals surface area contributed by atoms with Crippen LogP contribution >= 0.6 is 11.3 Å². The third kappa shape index (κ3) is 6.60. The summed E-state index contributed by atoms with van der Waals surface area (Å²) in [4.78, 5) is 21.5. The van der Waals surface area contributed by atoms with E-state index in [0.717, 1.165) is 47.9 Å². The van der Waals surface area contributed by atoms with E-state index in [4.69, 9.17) is 5.73 Å². The Hall–Kier alpha value is -2.70. The first kappa shape index (κ1) is 25.9. The smallest absolute Gasteiger partial charge is 0.251 e. The second-order valence-corrected chi connectivity index (χ2v) is 11.9. The number of thiazole rings is 1. The van der Waals surface area contributed by atoms with Crippen molar-refractivity contribution in [1.29, 1.82) is 0 Å². The lowest BCUT2D eigenvalue weighted by Gasteiger charge is -2.36. The molecule has 2 aliphatic carbocycles. The average Bonchev–Trinajstić information content (AvgIpc) is 3.31. The Kier molecular flexibility index (Phi) is 8.57. The van der Waals surface area contributed by atoms with Crippen LogP contribution in [0.1, 0.15) is 72.8 Å². The van der Waals surface area contributed by atoms with Crippen molar-refractivity contribution in [3.63, 3.8) is 0 Å². The maximum Gasteiger partial charge on any atom is 0.251 e. The maximum atomic E-state index is 12.9. The fourth-order valence-electron chi connectivity index (χ4n) is 6.11. The van der Waals surface area contributed by atoms with E-state index in [0.29, 0.717) is 6.04 Å². The van der Waals surface area contributed by atoms with Crippen LogP contribution in [0.5, 0.6) is 0 Å². The van der Waals surface area contributed by atoms with E-state index in [-0.39, 0.29) is 11.9 Å². The Balaban J connectivity index is 1.07. The van der Waals surface area contributed by atoms with Gasteiger partial charge >= 0.3 is 0 Å². The summed E-state index contributed by atoms with van der Waals surface area (Å²) in [6.07, 6.45) is 10.4. The molecule has 2 aromatic carbocycles. The predicted octanol–water partition coefficient (Wildman–Crippen LogP) is 6.34. The number of carbonyl (C=O) groups excluding carboxylic acids is 1. The van der Waals surface area contributed by atoms with Crippen LogP contribution in [-0.4, -0.2) is 41.0 Å². The number of nitrogens with two attached hydrogens (primary N) is 1. The van der Waals surface area contributed by atoms with Gasteiger partial charge in [-0.2, -0.15) is 0 Å². The van der Waals surface area contributed by atoms with Crippen molar-refractivity contribution in [1.82, 2.24) is 15.2 Å². The van der Waals surface area contributed by atoms with Crippen LogP contribution in [0.3, 0.4) is 0 Å². The van der Waals surface area contributed by atoms with E-state index in [1.54, 1.807) is 11.3 Å². The molecule has 1 amide bonds. The molecule has 37 heavy (non-hydrogen) atoms. The number of aromatic nitrogens is 1. The summed E-state index contributed by atoms with van der Waals surface area (Å²) in [5, 5.41) is 4.02. The van der Waals surface area contributed by atoms with Crippen LogP contribution in [0.2, 0.25) is 0 Å². The predicted molar refractivity (Wildman–Crippen MR) is 154 cm³/mol. The highest BCUT2D eigenvalue weighted by atomic mass is 32.1. The number of nitrogens with one attached hydrogen (secondary N) is 1. The number of fused-ring (bicyclic) bond motifs is 1. The van der Waals surface area contributed by atoms with Crippen LogP contribution in [0, 0.1) is 5.92 Å². The molecule has 0 spiro atoms. The number of carbonyl (C=O) groups is 1. The summed E-state index contributed by atoms with van der Waals surface area (Å²) in [5.41, 5.74) is 10.3. The first-order valence-corrected chi connectivity index (χ1v) is 14.8. The Labute approximate surface area is 225 Å². The number of rotatable bonds is 9. The Morgan fingerprint density at radius 3 is 2.46 bits per heavy atom. The minimum Gasteiger partial charge on any atom is -0.375 e. The average molecular weight is 517 g/mol. The van der Waals surface area contributed by atoms with Gasteiger partial charge in [0.1, 0.15) is 0 Å². The zero-order valence-corrected chi connectivity index (χ0v) is 22.8. The molecule has 3 aromatic rings. The van der Waals surface area contributed by atoms with Gasteiger partial charge in [-0.1, -0.05) is 49.4 Å². The van der Waals surface area contributed by atoms with E-state index in [2.05, 4.69) is 34.3 Å². The molecule has 0 aliphatic heterocycles. The molecule has 1 aromatic heterocycles. The number of nitrogens with zero attached hydrogens (tertiary/aromatic N) is 2. The van der Waals surface area contributed by atoms with Gasteiger partial charge in [-0.25, -0.2) is 4.98 Å². The highest BCUT2D eigenvalue weighted by molar-refractivity contribution is 7.15. The molecule has 0 radical (unpaired) electrons. The summed E-state index contributed by atoms with van der Waals surface area (Å²) >= 11 is 1.68. The van der Waals surface area contributed by atoms with Crippen molar-refractivity contribution in [2.45, 2.75) is 76.8 Å². The van der Waals surface area contributed by atoms with Gasteiger partial charge < -0.3 is 16.0 Å². The quantitative estimate of drug-likeness (QED) is 0.348. The second-order valence-electron chi connectivity index (χ2n) is 10.8. The molecular formula is C31H40N4OS. The number of hydrogen-bond acceptors (Lipinski definition) is 5. The summed E-state index contributed by atoms with van der Waals surface area (Å²) in [6, 6.07) is 19.2. The first-order chi connectivity index (χ1) is 18.1. The molecule has 196 valence electrons. The number of nitrogen functional groups attached to an aromatic ring is 1. The van der Waals surface area contributed by atoms with Crippen molar-refractivity contribution in [3.05, 3.63) is 70.7 Å². The van der Waals surface area contributed by atoms with Crippen molar-refractivity contribution in [2.75, 3.05) is 18.8 Å². The van der Waals surface area contributed by atoms with Crippen molar-refractivity contribution in [3.8, 4) is 11.1 Å². The Bertz CT molecular complexity index is 1150. The molecule has 6 heteroatoms. The van der Waals surface area contributed by atoms with E-state index in [1.807, 2.05) is 42.5 Å². The summed E-state index contributed by atoms with van der Waals surface area (Å²) in [6.45, 7) is 4.63. The molecule has 2 aliphatic rings. The third-order valence-electron chi connectivity index (χ3n) is 8.22. The molecule has 0 bridgehead atoms. The van der Waals surface area contributed by atoms with Crippen molar-refractivity contribution in [2.24, 2.45) is 5.92 Å². The third-order valence-corrected chi connectivity index (χ3v) is 9.17. The zero-order chi connectivity index (χ0) is 25.6. The van der Waals surface area contributed by atoms with Gasteiger partial charge in [0, 0.05) is 22.5 Å². The van der Waals surface area contributed by atoms with E-state index in [9.17, 15) is 4.79 Å². The first-order valence-electron chi connectivity index (χ1n) is 14.0. The molecule has 3 N–H and O–H groups in total. The SMILES string of the molecule is CCCN(CCC1CCC(NC(=O)c2ccc(-c3ccccc3)cc2)CC1)C1CCc2nc(N)sc2C1. The minimum absolute atomic E-state index is 0.0533. The number of hydrogen-bond donors (Lipinski definition) is 2. The second kappa shape index (κ2) is 12.2. The van der Waals surface area contributed by atoms with Gasteiger partial charge in [0.2, 0.25) is 0 Å². The number of anilines is 1. The zero-order valence-electron chi connectivity index (χ0n) is 22.0. The number of amides is 1. The summed E-state index contributed by atoms with van der Waals surface area (Å²) in [5.74, 6) is 0.813. The molecule has 5 nitrogen and oxygen atoms in total. The highest BCUT2D eigenvalue weighted by Gasteiger charge is 2.28. The van der Waals surface area contributed by atoms with Gasteiger partial charge in [-0.3, -0.25) is 4.79 Å². The Morgan fingerprint density at radius 1 is 1.00 bits per heavy atom. The lowest BCUT2D eigenvalue weighted by Crippen LogP contribution is -2.41. The molecule has 1 atom stereocenters. The van der Waals surface area contributed by atoms with Gasteiger partial charge in [0.15, 0.2) is 5.13 Å².